The van der Waals surface area contributed by atoms with Crippen LogP contribution in [0.25, 0.3) is 0 Å². The van der Waals surface area contributed by atoms with Crippen LogP contribution in [0.1, 0.15) is 296 Å². The van der Waals surface area contributed by atoms with E-state index >= 15 is 0 Å². The summed E-state index contributed by atoms with van der Waals surface area (Å²) in [7, 11) is -4.41. The first-order chi connectivity index (χ1) is 43.8. The number of rotatable bonds is 66. The van der Waals surface area contributed by atoms with Crippen LogP contribution in [0.2, 0.25) is 0 Å². The van der Waals surface area contributed by atoms with E-state index in [1.54, 1.807) is 0 Å². The third kappa shape index (κ3) is 72.6. The Bertz CT molecular complexity index is 2020. The number of hydrogen-bond acceptors (Lipinski definition) is 8. The van der Waals surface area contributed by atoms with Crippen LogP contribution < -0.4 is 5.73 Å². The van der Waals surface area contributed by atoms with E-state index in [9.17, 15) is 19.0 Å². The van der Waals surface area contributed by atoms with Gasteiger partial charge in [0.05, 0.1) is 13.2 Å². The van der Waals surface area contributed by atoms with Crippen molar-refractivity contribution in [2.75, 3.05) is 26.4 Å². The van der Waals surface area contributed by atoms with Gasteiger partial charge in [0.15, 0.2) is 6.10 Å². The molecule has 506 valence electrons. The fourth-order valence-corrected chi connectivity index (χ4v) is 10.4. The zero-order valence-corrected chi connectivity index (χ0v) is 57.8. The van der Waals surface area contributed by atoms with Crippen LogP contribution in [0.3, 0.4) is 0 Å². The summed E-state index contributed by atoms with van der Waals surface area (Å²) in [5.74, 6) is -0.857. The highest BCUT2D eigenvalue weighted by Crippen LogP contribution is 2.43. The lowest BCUT2D eigenvalue weighted by Crippen LogP contribution is -2.29. The van der Waals surface area contributed by atoms with Crippen molar-refractivity contribution in [3.05, 3.63) is 158 Å². The van der Waals surface area contributed by atoms with E-state index in [1.165, 1.54) is 135 Å². The van der Waals surface area contributed by atoms with Crippen LogP contribution in [0.4, 0.5) is 0 Å². The molecule has 2 atom stereocenters. The fraction of sp³-hybridized carbons (Fsp3) is 0.646. The maximum absolute atomic E-state index is 12.8. The molecule has 0 saturated heterocycles. The van der Waals surface area contributed by atoms with Gasteiger partial charge in [-0.05, 0) is 122 Å². The Kier molecular flexibility index (Phi) is 69.1. The van der Waals surface area contributed by atoms with Gasteiger partial charge in [-0.2, -0.15) is 0 Å². The zero-order valence-electron chi connectivity index (χ0n) is 56.9. The molecule has 0 aliphatic heterocycles. The second-order valence-corrected chi connectivity index (χ2v) is 24.8. The van der Waals surface area contributed by atoms with E-state index in [-0.39, 0.29) is 38.6 Å². The molecule has 0 aliphatic rings. The summed E-state index contributed by atoms with van der Waals surface area (Å²) in [5.41, 5.74) is 5.40. The van der Waals surface area contributed by atoms with E-state index in [0.29, 0.717) is 6.42 Å². The smallest absolute Gasteiger partial charge is 0.462 e. The van der Waals surface area contributed by atoms with Crippen molar-refractivity contribution >= 4 is 19.8 Å². The van der Waals surface area contributed by atoms with Crippen LogP contribution in [0, 0.1) is 0 Å². The lowest BCUT2D eigenvalue weighted by molar-refractivity contribution is -0.161. The molecular weight excluding hydrogens is 1120 g/mol. The molecule has 9 nitrogen and oxygen atoms in total. The minimum Gasteiger partial charge on any atom is -0.462 e. The molecule has 0 rings (SSSR count). The number of allylic oxidation sites excluding steroid dienone is 26. The monoisotopic (exact) mass is 1250 g/mol. The summed E-state index contributed by atoms with van der Waals surface area (Å²) in [5, 5.41) is 0. The minimum atomic E-state index is -4.41. The van der Waals surface area contributed by atoms with Crippen LogP contribution in [-0.2, 0) is 32.7 Å². The molecule has 0 amide bonds. The van der Waals surface area contributed by atoms with Crippen molar-refractivity contribution in [2.24, 2.45) is 5.73 Å². The summed E-state index contributed by atoms with van der Waals surface area (Å²) in [6.07, 6.45) is 106. The standard InChI is InChI=1S/C79H132NO8P/c1-3-5-7-9-11-13-15-17-19-21-23-25-27-29-31-33-34-35-36-37-38-39-40-41-42-44-45-47-49-51-53-55-57-59-61-63-65-67-69-71-78(81)85-75-77(76-87-89(83,84)86-74-73-80)88-79(82)72-70-68-66-64-62-60-58-56-54-52-50-48-46-43-32-30-28-26-24-22-20-18-16-14-12-10-8-6-4-2/h5-8,11-14,17-20,23-26,29-32,46,48,52,54,58,60,77H,3-4,9-10,15-16,21-22,27-28,33-45,47,49-51,53,55-57,59,61-76,80H2,1-2H3,(H,83,84)/b7-5-,8-6-,13-11-,14-12-,19-17-,20-18-,25-23-,26-24-,31-29-,32-30-,48-46-,54-52-,60-58-. The SMILES string of the molecule is CC/C=C\C/C=C\C/C=C\C/C=C\C/C=C\C/C=C\C/C=C\C/C=C\CCCCCCC(=O)OC(COC(=O)CCCCCCCCCCCCCCCCCCCCCCCCC/C=C\C/C=C\C/C=C\C/C=C\C/C=C\CC)COP(=O)(O)OCCN. The number of hydrogen-bond donors (Lipinski definition) is 2. The number of phosphoric acid groups is 1. The molecule has 0 aromatic rings. The number of nitrogens with two attached hydrogens (primary N) is 1. The molecule has 0 radical (unpaired) electrons. The van der Waals surface area contributed by atoms with E-state index in [1.807, 2.05) is 0 Å². The quantitative estimate of drug-likeness (QED) is 0.0264. The number of unbranched alkanes of at least 4 members (excludes halogenated alkanes) is 27. The number of ether oxygens (including phenoxy) is 2. The maximum atomic E-state index is 12.8. The third-order valence-corrected chi connectivity index (χ3v) is 15.9. The summed E-state index contributed by atoms with van der Waals surface area (Å²) in [6, 6.07) is 0. The molecule has 0 fully saturated rings. The predicted molar refractivity (Wildman–Crippen MR) is 385 cm³/mol. The molecule has 0 aromatic carbocycles. The Morgan fingerprint density at radius 3 is 0.865 bits per heavy atom. The molecule has 0 aromatic heterocycles. The average Bonchev–Trinajstić information content (AvgIpc) is 3.68. The van der Waals surface area contributed by atoms with E-state index in [2.05, 4.69) is 172 Å². The highest BCUT2D eigenvalue weighted by Gasteiger charge is 2.26. The largest absolute Gasteiger partial charge is 0.472 e. The van der Waals surface area contributed by atoms with Gasteiger partial charge in [-0.25, -0.2) is 4.57 Å². The lowest BCUT2D eigenvalue weighted by Gasteiger charge is -2.19. The molecule has 10 heteroatoms. The van der Waals surface area contributed by atoms with Crippen molar-refractivity contribution in [3.63, 3.8) is 0 Å². The van der Waals surface area contributed by atoms with Crippen LogP contribution in [0.5, 0.6) is 0 Å². The molecule has 0 saturated carbocycles. The molecule has 3 N–H and O–H groups in total. The maximum Gasteiger partial charge on any atom is 0.472 e. The van der Waals surface area contributed by atoms with Gasteiger partial charge in [0.2, 0.25) is 0 Å². The first kappa shape index (κ1) is 84.6. The highest BCUT2D eigenvalue weighted by atomic mass is 31.2. The Balaban J connectivity index is 3.90. The number of phosphoric ester groups is 1. The fourth-order valence-electron chi connectivity index (χ4n) is 9.68. The van der Waals surface area contributed by atoms with Crippen molar-refractivity contribution < 1.29 is 37.6 Å². The highest BCUT2D eigenvalue weighted by molar-refractivity contribution is 7.47. The van der Waals surface area contributed by atoms with Crippen LogP contribution in [0.15, 0.2) is 158 Å². The molecule has 2 unspecified atom stereocenters. The minimum absolute atomic E-state index is 0.0425. The molecule has 89 heavy (non-hydrogen) atoms. The van der Waals surface area contributed by atoms with E-state index in [0.717, 1.165) is 128 Å². The second-order valence-electron chi connectivity index (χ2n) is 23.3. The van der Waals surface area contributed by atoms with Gasteiger partial charge in [0.1, 0.15) is 6.61 Å². The Hall–Kier alpha value is -4.37. The van der Waals surface area contributed by atoms with Gasteiger partial charge in [-0.15, -0.1) is 0 Å². The Morgan fingerprint density at radius 2 is 0.584 bits per heavy atom. The normalized spacial score (nSPS) is 13.9. The summed E-state index contributed by atoms with van der Waals surface area (Å²) in [4.78, 5) is 35.4. The molecule has 0 heterocycles. The van der Waals surface area contributed by atoms with Crippen molar-refractivity contribution in [2.45, 2.75) is 302 Å². The number of carbonyl (C=O) groups is 2. The topological polar surface area (TPSA) is 134 Å². The van der Waals surface area contributed by atoms with Crippen molar-refractivity contribution in [3.8, 4) is 0 Å². The molecule has 0 bridgehead atoms. The lowest BCUT2D eigenvalue weighted by atomic mass is 10.0. The van der Waals surface area contributed by atoms with Crippen molar-refractivity contribution in [1.29, 1.82) is 0 Å². The summed E-state index contributed by atoms with van der Waals surface area (Å²) < 4.78 is 33.2. The predicted octanol–water partition coefficient (Wildman–Crippen LogP) is 24.0. The number of carbonyl (C=O) groups excluding carboxylic acids is 2. The summed E-state index contributed by atoms with van der Waals surface area (Å²) >= 11 is 0. The first-order valence-corrected chi connectivity index (χ1v) is 37.5. The van der Waals surface area contributed by atoms with E-state index in [4.69, 9.17) is 24.3 Å². The van der Waals surface area contributed by atoms with Gasteiger partial charge in [-0.1, -0.05) is 320 Å². The van der Waals surface area contributed by atoms with Crippen LogP contribution in [-0.4, -0.2) is 49.3 Å². The Labute approximate surface area is 547 Å². The second kappa shape index (κ2) is 72.7. The van der Waals surface area contributed by atoms with Gasteiger partial charge in [0, 0.05) is 19.4 Å². The molecular formula is C79H132NO8P. The van der Waals surface area contributed by atoms with Gasteiger partial charge in [0.25, 0.3) is 0 Å². The average molecular weight is 1250 g/mol. The van der Waals surface area contributed by atoms with Gasteiger partial charge < -0.3 is 20.1 Å². The molecule has 0 aliphatic carbocycles. The van der Waals surface area contributed by atoms with Gasteiger partial charge in [-0.3, -0.25) is 18.6 Å². The third-order valence-electron chi connectivity index (χ3n) is 14.9. The first-order valence-electron chi connectivity index (χ1n) is 36.0. The number of esters is 2. The van der Waals surface area contributed by atoms with Crippen LogP contribution >= 0.6 is 7.82 Å². The summed E-state index contributed by atoms with van der Waals surface area (Å²) in [6.45, 7) is 3.49. The Morgan fingerprint density at radius 1 is 0.337 bits per heavy atom. The zero-order chi connectivity index (χ0) is 64.4. The van der Waals surface area contributed by atoms with Gasteiger partial charge >= 0.3 is 19.8 Å². The van der Waals surface area contributed by atoms with Crippen molar-refractivity contribution in [1.82, 2.24) is 0 Å². The van der Waals surface area contributed by atoms with E-state index < -0.39 is 26.5 Å². The molecule has 0 spiro atoms.